The molecule has 27 heavy (non-hydrogen) atoms. The predicted molar refractivity (Wildman–Crippen MR) is 109 cm³/mol. The first-order valence-electron chi connectivity index (χ1n) is 9.45. The Bertz CT molecular complexity index is 798. The quantitative estimate of drug-likeness (QED) is 0.794. The number of carbonyl (C=O) groups excluding carboxylic acids is 2. The van der Waals surface area contributed by atoms with Crippen molar-refractivity contribution in [3.8, 4) is 0 Å². The van der Waals surface area contributed by atoms with E-state index in [1.165, 1.54) is 19.3 Å². The number of hydrogen-bond acceptors (Lipinski definition) is 2. The van der Waals surface area contributed by atoms with Gasteiger partial charge in [0.2, 0.25) is 5.91 Å². The second-order valence-corrected chi connectivity index (χ2v) is 7.54. The van der Waals surface area contributed by atoms with Gasteiger partial charge in [-0.3, -0.25) is 9.59 Å². The van der Waals surface area contributed by atoms with Crippen LogP contribution in [-0.2, 0) is 11.2 Å². The van der Waals surface area contributed by atoms with Crippen LogP contribution in [0.3, 0.4) is 0 Å². The van der Waals surface area contributed by atoms with Crippen LogP contribution in [0, 0.1) is 0 Å². The molecule has 1 saturated carbocycles. The lowest BCUT2D eigenvalue weighted by Gasteiger charge is -2.31. The number of benzene rings is 2. The van der Waals surface area contributed by atoms with Crippen LogP contribution in [0.15, 0.2) is 48.5 Å². The normalized spacial score (nSPS) is 14.6. The van der Waals surface area contributed by atoms with Gasteiger partial charge in [0.05, 0.1) is 17.7 Å². The minimum Gasteiger partial charge on any atom is -0.339 e. The highest BCUT2D eigenvalue weighted by atomic mass is 35.5. The highest BCUT2D eigenvalue weighted by Gasteiger charge is 2.24. The number of amides is 2. The third-order valence-corrected chi connectivity index (χ3v) is 5.40. The number of nitrogens with zero attached hydrogens (tertiary/aromatic N) is 1. The second-order valence-electron chi connectivity index (χ2n) is 7.10. The number of nitrogens with one attached hydrogen (secondary N) is 1. The largest absolute Gasteiger partial charge is 0.339 e. The number of rotatable bonds is 5. The van der Waals surface area contributed by atoms with Gasteiger partial charge in [0.25, 0.3) is 5.91 Å². The first-order chi connectivity index (χ1) is 13.0. The summed E-state index contributed by atoms with van der Waals surface area (Å²) < 4.78 is 0. The molecule has 0 aromatic heterocycles. The number of anilines is 1. The van der Waals surface area contributed by atoms with E-state index < -0.39 is 0 Å². The third-order valence-electron chi connectivity index (χ3n) is 5.15. The average molecular weight is 385 g/mol. The zero-order valence-electron chi connectivity index (χ0n) is 15.6. The first-order valence-corrected chi connectivity index (χ1v) is 9.83. The molecule has 0 unspecified atom stereocenters. The fourth-order valence-electron chi connectivity index (χ4n) is 3.58. The van der Waals surface area contributed by atoms with Crippen molar-refractivity contribution < 1.29 is 9.59 Å². The van der Waals surface area contributed by atoms with Gasteiger partial charge in [-0.1, -0.05) is 55.1 Å². The molecular formula is C22H25ClN2O2. The van der Waals surface area contributed by atoms with Gasteiger partial charge in [-0.25, -0.2) is 0 Å². The van der Waals surface area contributed by atoms with Crippen LogP contribution in [0.5, 0.6) is 0 Å². The summed E-state index contributed by atoms with van der Waals surface area (Å²) in [5.74, 6) is -0.192. The zero-order chi connectivity index (χ0) is 19.2. The molecule has 0 radical (unpaired) electrons. The zero-order valence-corrected chi connectivity index (χ0v) is 16.3. The molecule has 2 aromatic rings. The van der Waals surface area contributed by atoms with Gasteiger partial charge in [-0.15, -0.1) is 0 Å². The van der Waals surface area contributed by atoms with E-state index in [9.17, 15) is 9.59 Å². The van der Waals surface area contributed by atoms with Gasteiger partial charge in [-0.05, 0) is 42.7 Å². The molecule has 4 nitrogen and oxygen atoms in total. The summed E-state index contributed by atoms with van der Waals surface area (Å²) in [7, 11) is 1.87. The monoisotopic (exact) mass is 384 g/mol. The highest BCUT2D eigenvalue weighted by molar-refractivity contribution is 6.30. The van der Waals surface area contributed by atoms with Crippen molar-refractivity contribution in [2.45, 2.75) is 44.6 Å². The summed E-state index contributed by atoms with van der Waals surface area (Å²) >= 11 is 5.88. The smallest absolute Gasteiger partial charge is 0.255 e. The van der Waals surface area contributed by atoms with E-state index in [-0.39, 0.29) is 24.3 Å². The van der Waals surface area contributed by atoms with Crippen LogP contribution < -0.4 is 5.32 Å². The molecular weight excluding hydrogens is 360 g/mol. The van der Waals surface area contributed by atoms with Crippen LogP contribution in [-0.4, -0.2) is 29.8 Å². The number of carbonyl (C=O) groups is 2. The summed E-state index contributed by atoms with van der Waals surface area (Å²) in [5.41, 5.74) is 1.97. The van der Waals surface area contributed by atoms with E-state index in [4.69, 9.17) is 11.6 Å². The molecule has 1 aliphatic carbocycles. The molecule has 1 aliphatic rings. The average Bonchev–Trinajstić information content (AvgIpc) is 2.70. The Morgan fingerprint density at radius 2 is 1.70 bits per heavy atom. The molecule has 1 N–H and O–H groups in total. The van der Waals surface area contributed by atoms with Crippen molar-refractivity contribution >= 4 is 29.1 Å². The van der Waals surface area contributed by atoms with Crippen LogP contribution in [0.4, 0.5) is 5.69 Å². The van der Waals surface area contributed by atoms with Crippen molar-refractivity contribution in [2.75, 3.05) is 12.4 Å². The molecule has 2 aromatic carbocycles. The molecule has 3 rings (SSSR count). The first kappa shape index (κ1) is 19.4. The molecule has 0 heterocycles. The topological polar surface area (TPSA) is 49.4 Å². The maximum atomic E-state index is 13.0. The minimum absolute atomic E-state index is 0.0377. The molecule has 2 amide bonds. The Morgan fingerprint density at radius 1 is 1.04 bits per heavy atom. The summed E-state index contributed by atoms with van der Waals surface area (Å²) in [4.78, 5) is 27.3. The van der Waals surface area contributed by atoms with E-state index in [2.05, 4.69) is 5.32 Å². The van der Waals surface area contributed by atoms with E-state index in [1.807, 2.05) is 36.2 Å². The fourth-order valence-corrected chi connectivity index (χ4v) is 3.71. The molecule has 142 valence electrons. The van der Waals surface area contributed by atoms with Crippen molar-refractivity contribution in [3.63, 3.8) is 0 Å². The maximum Gasteiger partial charge on any atom is 0.255 e. The Balaban J connectivity index is 1.70. The van der Waals surface area contributed by atoms with Crippen LogP contribution in [0.25, 0.3) is 0 Å². The highest BCUT2D eigenvalue weighted by Crippen LogP contribution is 2.25. The fraction of sp³-hybridized carbons (Fsp3) is 0.364. The van der Waals surface area contributed by atoms with Crippen molar-refractivity contribution in [3.05, 3.63) is 64.7 Å². The molecule has 1 fully saturated rings. The molecule has 0 atom stereocenters. The Hall–Kier alpha value is -2.33. The van der Waals surface area contributed by atoms with Gasteiger partial charge in [0, 0.05) is 18.1 Å². The molecule has 0 saturated heterocycles. The van der Waals surface area contributed by atoms with Crippen LogP contribution >= 0.6 is 11.6 Å². The summed E-state index contributed by atoms with van der Waals surface area (Å²) in [5, 5.41) is 3.53. The lowest BCUT2D eigenvalue weighted by Crippen LogP contribution is -2.38. The van der Waals surface area contributed by atoms with Crippen LogP contribution in [0.2, 0.25) is 5.02 Å². The number of para-hydroxylation sites is 1. The molecule has 5 heteroatoms. The van der Waals surface area contributed by atoms with Crippen LogP contribution in [0.1, 0.15) is 48.0 Å². The van der Waals surface area contributed by atoms with E-state index >= 15 is 0 Å². The second kappa shape index (κ2) is 9.05. The third kappa shape index (κ3) is 5.10. The Labute approximate surface area is 165 Å². The molecule has 0 aliphatic heterocycles. The predicted octanol–water partition coefficient (Wildman–Crippen LogP) is 4.93. The van der Waals surface area contributed by atoms with Gasteiger partial charge in [0.15, 0.2) is 0 Å². The van der Waals surface area contributed by atoms with E-state index in [0.717, 1.165) is 18.4 Å². The Morgan fingerprint density at radius 3 is 2.41 bits per heavy atom. The van der Waals surface area contributed by atoms with Gasteiger partial charge >= 0.3 is 0 Å². The minimum atomic E-state index is -0.155. The summed E-state index contributed by atoms with van der Waals surface area (Å²) in [6.07, 6.45) is 5.91. The molecule has 0 spiro atoms. The van der Waals surface area contributed by atoms with Gasteiger partial charge in [-0.2, -0.15) is 0 Å². The van der Waals surface area contributed by atoms with Gasteiger partial charge < -0.3 is 10.2 Å². The van der Waals surface area contributed by atoms with E-state index in [1.54, 1.807) is 24.3 Å². The molecule has 0 bridgehead atoms. The number of hydrogen-bond donors (Lipinski definition) is 1. The number of halogens is 1. The van der Waals surface area contributed by atoms with Crippen molar-refractivity contribution in [2.24, 2.45) is 0 Å². The summed E-state index contributed by atoms with van der Waals surface area (Å²) in [6, 6.07) is 14.7. The lowest BCUT2D eigenvalue weighted by molar-refractivity contribution is -0.115. The Kier molecular flexibility index (Phi) is 6.51. The maximum absolute atomic E-state index is 13.0. The van der Waals surface area contributed by atoms with Crippen molar-refractivity contribution in [1.82, 2.24) is 4.90 Å². The summed E-state index contributed by atoms with van der Waals surface area (Å²) in [6.45, 7) is 0. The SMILES string of the molecule is CN(C(=O)c1ccccc1NC(=O)Cc1ccc(Cl)cc1)C1CCCCC1. The lowest BCUT2D eigenvalue weighted by atomic mass is 9.94. The standard InChI is InChI=1S/C22H25ClN2O2/c1-25(18-7-3-2-4-8-18)22(27)19-9-5-6-10-20(19)24-21(26)15-16-11-13-17(23)14-12-16/h5-6,9-14,18H,2-4,7-8,15H2,1H3,(H,24,26). The van der Waals surface area contributed by atoms with E-state index in [0.29, 0.717) is 16.3 Å². The van der Waals surface area contributed by atoms with Gasteiger partial charge in [0.1, 0.15) is 0 Å². The van der Waals surface area contributed by atoms with Crippen molar-refractivity contribution in [1.29, 1.82) is 0 Å².